The minimum Gasteiger partial charge on any atom is -0.388 e. The van der Waals surface area contributed by atoms with E-state index < -0.39 is 15.3 Å². The molecule has 0 radical (unpaired) electrons. The van der Waals surface area contributed by atoms with Crippen LogP contribution in [0.15, 0.2) is 18.2 Å². The largest absolute Gasteiger partial charge is 0.388 e. The minimum absolute atomic E-state index is 0.00745. The lowest BCUT2D eigenvalue weighted by molar-refractivity contribution is 0.580. The van der Waals surface area contributed by atoms with Crippen LogP contribution in [0.1, 0.15) is 13.8 Å². The van der Waals surface area contributed by atoms with Crippen LogP contribution >= 0.6 is 0 Å². The number of rotatable bonds is 3. The Kier molecular flexibility index (Phi) is 2.94. The molecule has 1 heterocycles. The van der Waals surface area contributed by atoms with Crippen molar-refractivity contribution in [3.8, 4) is 0 Å². The lowest BCUT2D eigenvalue weighted by Crippen LogP contribution is -2.23. The van der Waals surface area contributed by atoms with Crippen molar-refractivity contribution in [2.45, 2.75) is 19.1 Å². The molecule has 0 spiro atoms. The SMILES string of the molecule is CNc1ccc2nc(N)n(S(=O)(=O)C(C)C)c2c1. The Morgan fingerprint density at radius 2 is 2.06 bits per heavy atom. The molecule has 2 aromatic rings. The fourth-order valence-electron chi connectivity index (χ4n) is 1.71. The number of fused-ring (bicyclic) bond motifs is 1. The fraction of sp³-hybridized carbons (Fsp3) is 0.364. The van der Waals surface area contributed by atoms with Gasteiger partial charge in [0, 0.05) is 12.7 Å². The van der Waals surface area contributed by atoms with E-state index in [0.29, 0.717) is 11.0 Å². The third kappa shape index (κ3) is 1.80. The van der Waals surface area contributed by atoms with Crippen molar-refractivity contribution in [2.24, 2.45) is 0 Å². The second-order valence-electron chi connectivity index (χ2n) is 4.28. The van der Waals surface area contributed by atoms with Crippen LogP contribution in [0.3, 0.4) is 0 Å². The van der Waals surface area contributed by atoms with E-state index in [4.69, 9.17) is 5.73 Å². The standard InChI is InChI=1S/C11H16N4O2S/c1-7(2)18(16,17)15-10-6-8(13-3)4-5-9(10)14-11(15)12/h4-7,13H,1-3H3,(H2,12,14). The van der Waals surface area contributed by atoms with Gasteiger partial charge in [-0.3, -0.25) is 0 Å². The van der Waals surface area contributed by atoms with Gasteiger partial charge in [-0.15, -0.1) is 0 Å². The second-order valence-corrected chi connectivity index (χ2v) is 6.62. The lowest BCUT2D eigenvalue weighted by Gasteiger charge is -2.11. The first-order valence-corrected chi connectivity index (χ1v) is 7.08. The van der Waals surface area contributed by atoms with Crippen molar-refractivity contribution in [1.29, 1.82) is 0 Å². The molecule has 0 saturated heterocycles. The zero-order chi connectivity index (χ0) is 13.5. The van der Waals surface area contributed by atoms with Crippen molar-refractivity contribution >= 4 is 32.7 Å². The highest BCUT2D eigenvalue weighted by Gasteiger charge is 2.24. The molecule has 0 aliphatic heterocycles. The van der Waals surface area contributed by atoms with Gasteiger partial charge in [0.05, 0.1) is 16.3 Å². The van der Waals surface area contributed by atoms with Crippen LogP contribution in [0, 0.1) is 0 Å². The Morgan fingerprint density at radius 1 is 1.39 bits per heavy atom. The van der Waals surface area contributed by atoms with Crippen LogP contribution in [0.5, 0.6) is 0 Å². The Balaban J connectivity index is 2.81. The normalized spacial score (nSPS) is 12.2. The van der Waals surface area contributed by atoms with E-state index >= 15 is 0 Å². The van der Waals surface area contributed by atoms with Gasteiger partial charge in [-0.1, -0.05) is 0 Å². The highest BCUT2D eigenvalue weighted by molar-refractivity contribution is 7.90. The van der Waals surface area contributed by atoms with Crippen molar-refractivity contribution in [3.05, 3.63) is 18.2 Å². The maximum absolute atomic E-state index is 12.3. The number of nitrogens with one attached hydrogen (secondary N) is 1. The van der Waals surface area contributed by atoms with Gasteiger partial charge in [0.1, 0.15) is 0 Å². The molecule has 0 atom stereocenters. The maximum atomic E-state index is 12.3. The Labute approximate surface area is 106 Å². The highest BCUT2D eigenvalue weighted by Crippen LogP contribution is 2.24. The van der Waals surface area contributed by atoms with Crippen molar-refractivity contribution in [2.75, 3.05) is 18.1 Å². The monoisotopic (exact) mass is 268 g/mol. The summed E-state index contributed by atoms with van der Waals surface area (Å²) in [6.07, 6.45) is 0. The number of hydrogen-bond donors (Lipinski definition) is 2. The van der Waals surface area contributed by atoms with Crippen molar-refractivity contribution < 1.29 is 8.42 Å². The number of nitrogens with two attached hydrogens (primary N) is 1. The predicted octanol–water partition coefficient (Wildman–Crippen LogP) is 1.25. The average molecular weight is 268 g/mol. The van der Waals surface area contributed by atoms with Crippen molar-refractivity contribution in [3.63, 3.8) is 0 Å². The van der Waals surface area contributed by atoms with Gasteiger partial charge in [0.25, 0.3) is 0 Å². The second kappa shape index (κ2) is 4.16. The fourth-order valence-corrected chi connectivity index (χ4v) is 2.85. The Bertz CT molecular complexity index is 688. The molecular formula is C11H16N4O2S. The molecule has 6 nitrogen and oxygen atoms in total. The maximum Gasteiger partial charge on any atom is 0.244 e. The number of anilines is 2. The average Bonchev–Trinajstić information content (AvgIpc) is 2.63. The van der Waals surface area contributed by atoms with E-state index in [2.05, 4.69) is 10.3 Å². The number of hydrogen-bond acceptors (Lipinski definition) is 5. The quantitative estimate of drug-likeness (QED) is 0.874. The number of nitrogen functional groups attached to an aromatic ring is 1. The summed E-state index contributed by atoms with van der Waals surface area (Å²) in [6.45, 7) is 3.23. The first-order chi connectivity index (χ1) is 8.37. The highest BCUT2D eigenvalue weighted by atomic mass is 32.2. The van der Waals surface area contributed by atoms with E-state index in [1.807, 2.05) is 6.07 Å². The van der Waals surface area contributed by atoms with Gasteiger partial charge in [-0.2, -0.15) is 0 Å². The molecule has 18 heavy (non-hydrogen) atoms. The zero-order valence-electron chi connectivity index (χ0n) is 10.5. The summed E-state index contributed by atoms with van der Waals surface area (Å²) in [6, 6.07) is 5.28. The molecule has 0 saturated carbocycles. The van der Waals surface area contributed by atoms with E-state index in [0.717, 1.165) is 9.66 Å². The van der Waals surface area contributed by atoms with E-state index in [-0.39, 0.29) is 5.95 Å². The summed E-state index contributed by atoms with van der Waals surface area (Å²) in [5.41, 5.74) is 7.59. The number of imidazole rings is 1. The molecule has 98 valence electrons. The molecule has 0 fully saturated rings. The van der Waals surface area contributed by atoms with Crippen molar-refractivity contribution in [1.82, 2.24) is 8.96 Å². The molecule has 0 aliphatic carbocycles. The Hall–Kier alpha value is -1.76. The van der Waals surface area contributed by atoms with Gasteiger partial charge in [0.15, 0.2) is 0 Å². The van der Waals surface area contributed by atoms with Gasteiger partial charge in [0.2, 0.25) is 16.0 Å². The third-order valence-electron chi connectivity index (χ3n) is 2.78. The molecule has 1 aromatic carbocycles. The summed E-state index contributed by atoms with van der Waals surface area (Å²) < 4.78 is 25.6. The molecular weight excluding hydrogens is 252 g/mol. The summed E-state index contributed by atoms with van der Waals surface area (Å²) in [5.74, 6) is -0.00745. The molecule has 3 N–H and O–H groups in total. The first-order valence-electron chi connectivity index (χ1n) is 5.58. The van der Waals surface area contributed by atoms with Crippen LogP contribution in [-0.2, 0) is 10.0 Å². The lowest BCUT2D eigenvalue weighted by atomic mass is 10.3. The predicted molar refractivity (Wildman–Crippen MR) is 73.1 cm³/mol. The third-order valence-corrected chi connectivity index (χ3v) is 4.86. The molecule has 7 heteroatoms. The summed E-state index contributed by atoms with van der Waals surface area (Å²) in [4.78, 5) is 4.07. The Morgan fingerprint density at radius 3 is 2.61 bits per heavy atom. The van der Waals surface area contributed by atoms with Gasteiger partial charge in [-0.05, 0) is 32.0 Å². The topological polar surface area (TPSA) is 90.0 Å². The van der Waals surface area contributed by atoms with Gasteiger partial charge in [-0.25, -0.2) is 17.4 Å². The smallest absolute Gasteiger partial charge is 0.244 e. The van der Waals surface area contributed by atoms with Gasteiger partial charge >= 0.3 is 0 Å². The molecule has 0 bridgehead atoms. The number of aromatic nitrogens is 2. The molecule has 0 unspecified atom stereocenters. The number of nitrogens with zero attached hydrogens (tertiary/aromatic N) is 2. The van der Waals surface area contributed by atoms with Gasteiger partial charge < -0.3 is 11.1 Å². The molecule has 0 aliphatic rings. The number of benzene rings is 1. The van der Waals surface area contributed by atoms with Crippen LogP contribution in [0.25, 0.3) is 11.0 Å². The van der Waals surface area contributed by atoms with Crippen LogP contribution in [0.2, 0.25) is 0 Å². The molecule has 0 amide bonds. The summed E-state index contributed by atoms with van der Waals surface area (Å²) in [5, 5.41) is 2.40. The van der Waals surface area contributed by atoms with E-state index in [9.17, 15) is 8.42 Å². The molecule has 2 rings (SSSR count). The molecule has 1 aromatic heterocycles. The first kappa shape index (κ1) is 12.7. The minimum atomic E-state index is -3.51. The summed E-state index contributed by atoms with van der Waals surface area (Å²) in [7, 11) is -1.75. The van der Waals surface area contributed by atoms with E-state index in [1.54, 1.807) is 33.0 Å². The van der Waals surface area contributed by atoms with Crippen LogP contribution in [-0.4, -0.2) is 29.7 Å². The van der Waals surface area contributed by atoms with Crippen LogP contribution in [0.4, 0.5) is 11.6 Å². The summed E-state index contributed by atoms with van der Waals surface area (Å²) >= 11 is 0. The van der Waals surface area contributed by atoms with Crippen LogP contribution < -0.4 is 11.1 Å². The van der Waals surface area contributed by atoms with E-state index in [1.165, 1.54) is 0 Å². The zero-order valence-corrected chi connectivity index (χ0v) is 11.3.